The van der Waals surface area contributed by atoms with Gasteiger partial charge in [-0.25, -0.2) is 4.39 Å². The Bertz CT molecular complexity index is 844. The van der Waals surface area contributed by atoms with E-state index in [1.165, 1.54) is 29.1 Å². The van der Waals surface area contributed by atoms with Crippen molar-refractivity contribution in [3.63, 3.8) is 0 Å². The molecule has 3 rings (SSSR count). The lowest BCUT2D eigenvalue weighted by atomic mass is 10.2. The number of fused-ring (bicyclic) bond motifs is 1. The van der Waals surface area contributed by atoms with Crippen LogP contribution >= 0.6 is 15.9 Å². The van der Waals surface area contributed by atoms with Gasteiger partial charge in [-0.2, -0.15) is 0 Å². The molecular formula is C18H16BrFN2O. The van der Waals surface area contributed by atoms with Crippen molar-refractivity contribution in [3.8, 4) is 0 Å². The van der Waals surface area contributed by atoms with Crippen LogP contribution in [0.1, 0.15) is 16.8 Å². The normalized spacial score (nSPS) is 10.9. The summed E-state index contributed by atoms with van der Waals surface area (Å²) in [7, 11) is 0. The number of nitrogens with one attached hydrogen (secondary N) is 1. The molecule has 0 radical (unpaired) electrons. The van der Waals surface area contributed by atoms with Crippen molar-refractivity contribution in [2.45, 2.75) is 13.0 Å². The number of hydrogen-bond donors (Lipinski definition) is 1. The lowest BCUT2D eigenvalue weighted by molar-refractivity contribution is 0.0951. The maximum Gasteiger partial charge on any atom is 0.252 e. The average molecular weight is 375 g/mol. The molecule has 0 atom stereocenters. The first-order valence-corrected chi connectivity index (χ1v) is 8.21. The fraction of sp³-hybridized carbons (Fsp3) is 0.167. The molecule has 1 amide bonds. The third kappa shape index (κ3) is 3.62. The molecule has 0 aliphatic carbocycles. The molecule has 0 saturated heterocycles. The zero-order valence-corrected chi connectivity index (χ0v) is 14.0. The summed E-state index contributed by atoms with van der Waals surface area (Å²) in [5.74, 6) is -0.689. The van der Waals surface area contributed by atoms with Gasteiger partial charge in [-0.05, 0) is 58.1 Å². The Kier molecular flexibility index (Phi) is 4.76. The van der Waals surface area contributed by atoms with Crippen LogP contribution in [0.5, 0.6) is 0 Å². The molecule has 0 unspecified atom stereocenters. The molecule has 1 aromatic heterocycles. The molecule has 1 heterocycles. The number of amides is 1. The summed E-state index contributed by atoms with van der Waals surface area (Å²) >= 11 is 3.27. The Morgan fingerprint density at radius 2 is 2.00 bits per heavy atom. The number of halogens is 2. The summed E-state index contributed by atoms with van der Waals surface area (Å²) < 4.78 is 16.0. The SMILES string of the molecule is O=C(NCCCn1ccc2ccccc21)c1cc(F)ccc1Br. The quantitative estimate of drug-likeness (QED) is 0.661. The Morgan fingerprint density at radius 1 is 1.17 bits per heavy atom. The van der Waals surface area contributed by atoms with Gasteiger partial charge < -0.3 is 9.88 Å². The van der Waals surface area contributed by atoms with E-state index >= 15 is 0 Å². The van der Waals surface area contributed by atoms with Gasteiger partial charge in [-0.15, -0.1) is 0 Å². The van der Waals surface area contributed by atoms with E-state index in [1.54, 1.807) is 0 Å². The van der Waals surface area contributed by atoms with Gasteiger partial charge in [0, 0.05) is 29.3 Å². The zero-order chi connectivity index (χ0) is 16.2. The van der Waals surface area contributed by atoms with E-state index in [-0.39, 0.29) is 5.91 Å². The molecule has 0 bridgehead atoms. The highest BCUT2D eigenvalue weighted by Gasteiger charge is 2.10. The summed E-state index contributed by atoms with van der Waals surface area (Å²) in [6.45, 7) is 1.35. The fourth-order valence-electron chi connectivity index (χ4n) is 2.55. The maximum atomic E-state index is 13.2. The smallest absolute Gasteiger partial charge is 0.252 e. The molecule has 1 N–H and O–H groups in total. The van der Waals surface area contributed by atoms with Crippen molar-refractivity contribution in [3.05, 3.63) is 70.6 Å². The molecular weight excluding hydrogens is 359 g/mol. The van der Waals surface area contributed by atoms with Crippen LogP contribution in [-0.4, -0.2) is 17.0 Å². The molecule has 0 aliphatic heterocycles. The zero-order valence-electron chi connectivity index (χ0n) is 12.4. The van der Waals surface area contributed by atoms with Gasteiger partial charge in [0.05, 0.1) is 5.56 Å². The first-order chi connectivity index (χ1) is 11.1. The van der Waals surface area contributed by atoms with Crippen molar-refractivity contribution in [1.29, 1.82) is 0 Å². The predicted octanol–water partition coefficient (Wildman–Crippen LogP) is 4.36. The number of benzene rings is 2. The third-order valence-electron chi connectivity index (χ3n) is 3.71. The minimum absolute atomic E-state index is 0.270. The van der Waals surface area contributed by atoms with Crippen molar-refractivity contribution in [1.82, 2.24) is 9.88 Å². The highest BCUT2D eigenvalue weighted by Crippen LogP contribution is 2.18. The van der Waals surface area contributed by atoms with Gasteiger partial charge in [0.2, 0.25) is 0 Å². The summed E-state index contributed by atoms with van der Waals surface area (Å²) in [6, 6.07) is 14.4. The molecule has 3 nitrogen and oxygen atoms in total. The Labute approximate surface area is 142 Å². The first-order valence-electron chi connectivity index (χ1n) is 7.42. The molecule has 23 heavy (non-hydrogen) atoms. The number of aryl methyl sites for hydroxylation is 1. The maximum absolute atomic E-state index is 13.2. The number of nitrogens with zero attached hydrogens (tertiary/aromatic N) is 1. The van der Waals surface area contributed by atoms with Crippen LogP contribution in [0.25, 0.3) is 10.9 Å². The summed E-state index contributed by atoms with van der Waals surface area (Å²) in [5, 5.41) is 4.04. The van der Waals surface area contributed by atoms with Crippen LogP contribution in [-0.2, 0) is 6.54 Å². The van der Waals surface area contributed by atoms with Gasteiger partial charge >= 0.3 is 0 Å². The topological polar surface area (TPSA) is 34.0 Å². The highest BCUT2D eigenvalue weighted by molar-refractivity contribution is 9.10. The number of carbonyl (C=O) groups is 1. The first kappa shape index (κ1) is 15.7. The van der Waals surface area contributed by atoms with Gasteiger partial charge in [0.15, 0.2) is 0 Å². The molecule has 3 aromatic rings. The second kappa shape index (κ2) is 6.96. The van der Waals surface area contributed by atoms with Crippen molar-refractivity contribution >= 4 is 32.7 Å². The van der Waals surface area contributed by atoms with Gasteiger partial charge in [0.1, 0.15) is 5.82 Å². The average Bonchev–Trinajstić information content (AvgIpc) is 2.97. The van der Waals surface area contributed by atoms with E-state index in [9.17, 15) is 9.18 Å². The molecule has 118 valence electrons. The van der Waals surface area contributed by atoms with E-state index in [2.05, 4.69) is 50.2 Å². The van der Waals surface area contributed by atoms with Crippen LogP contribution in [0.3, 0.4) is 0 Å². The van der Waals surface area contributed by atoms with Crippen LogP contribution in [0.15, 0.2) is 59.2 Å². The highest BCUT2D eigenvalue weighted by atomic mass is 79.9. The molecule has 0 aliphatic rings. The van der Waals surface area contributed by atoms with E-state index in [0.29, 0.717) is 16.6 Å². The minimum atomic E-state index is -0.419. The molecule has 2 aromatic carbocycles. The molecule has 5 heteroatoms. The summed E-state index contributed by atoms with van der Waals surface area (Å²) in [6.07, 6.45) is 2.85. The standard InChI is InChI=1S/C18H16BrFN2O/c19-16-7-6-14(20)12-15(16)18(23)21-9-3-10-22-11-8-13-4-1-2-5-17(13)22/h1-2,4-8,11-12H,3,9-10H2,(H,21,23). The van der Waals surface area contributed by atoms with E-state index in [1.807, 2.05) is 12.1 Å². The van der Waals surface area contributed by atoms with Crippen LogP contribution in [0, 0.1) is 5.82 Å². The van der Waals surface area contributed by atoms with E-state index in [4.69, 9.17) is 0 Å². The van der Waals surface area contributed by atoms with Crippen LogP contribution in [0.4, 0.5) is 4.39 Å². The van der Waals surface area contributed by atoms with Crippen LogP contribution in [0.2, 0.25) is 0 Å². The number of rotatable bonds is 5. The van der Waals surface area contributed by atoms with Gasteiger partial charge in [-0.1, -0.05) is 18.2 Å². The lowest BCUT2D eigenvalue weighted by Gasteiger charge is -2.08. The van der Waals surface area contributed by atoms with Crippen LogP contribution < -0.4 is 5.32 Å². The second-order valence-electron chi connectivity index (χ2n) is 5.30. The van der Waals surface area contributed by atoms with Crippen molar-refractivity contribution < 1.29 is 9.18 Å². The Morgan fingerprint density at radius 3 is 2.87 bits per heavy atom. The second-order valence-corrected chi connectivity index (χ2v) is 6.16. The lowest BCUT2D eigenvalue weighted by Crippen LogP contribution is -2.25. The summed E-state index contributed by atoms with van der Waals surface area (Å²) in [4.78, 5) is 12.1. The van der Waals surface area contributed by atoms with Gasteiger partial charge in [-0.3, -0.25) is 4.79 Å². The molecule has 0 spiro atoms. The number of hydrogen-bond acceptors (Lipinski definition) is 1. The number of aromatic nitrogens is 1. The summed E-state index contributed by atoms with van der Waals surface area (Å²) in [5.41, 5.74) is 1.50. The van der Waals surface area contributed by atoms with E-state index in [0.717, 1.165) is 13.0 Å². The third-order valence-corrected chi connectivity index (χ3v) is 4.41. The van der Waals surface area contributed by atoms with E-state index < -0.39 is 5.82 Å². The fourth-order valence-corrected chi connectivity index (χ4v) is 2.98. The number of para-hydroxylation sites is 1. The number of carbonyl (C=O) groups excluding carboxylic acids is 1. The van der Waals surface area contributed by atoms with Gasteiger partial charge in [0.25, 0.3) is 5.91 Å². The van der Waals surface area contributed by atoms with Crippen molar-refractivity contribution in [2.24, 2.45) is 0 Å². The van der Waals surface area contributed by atoms with Crippen molar-refractivity contribution in [2.75, 3.05) is 6.54 Å². The predicted molar refractivity (Wildman–Crippen MR) is 93.0 cm³/mol. The minimum Gasteiger partial charge on any atom is -0.352 e. The Hall–Kier alpha value is -2.14. The largest absolute Gasteiger partial charge is 0.352 e. The Balaban J connectivity index is 1.55. The molecule has 0 saturated carbocycles. The molecule has 0 fully saturated rings. The monoisotopic (exact) mass is 374 g/mol.